The van der Waals surface area contributed by atoms with E-state index < -0.39 is 5.97 Å². The van der Waals surface area contributed by atoms with Crippen LogP contribution in [0.25, 0.3) is 5.69 Å². The summed E-state index contributed by atoms with van der Waals surface area (Å²) < 4.78 is 6.55. The molecule has 0 N–H and O–H groups in total. The maximum atomic E-state index is 11.5. The zero-order chi connectivity index (χ0) is 13.0. The second-order valence-electron chi connectivity index (χ2n) is 3.90. The molecule has 1 heterocycles. The minimum Gasteiger partial charge on any atom is -0.623 e. The first-order valence-electron chi connectivity index (χ1n) is 5.81. The lowest BCUT2D eigenvalue weighted by molar-refractivity contribution is 0.0744. The zero-order valence-corrected chi connectivity index (χ0v) is 11.3. The molecular formula is C13H13AlN2O2. The summed E-state index contributed by atoms with van der Waals surface area (Å²) in [4.78, 5) is 15.8. The number of carbonyl (C=O) groups excluding carboxylic acids is 1. The van der Waals surface area contributed by atoms with Crippen LogP contribution in [0.5, 0.6) is 0 Å². The van der Waals surface area contributed by atoms with E-state index in [0.29, 0.717) is 5.69 Å². The molecule has 0 aliphatic carbocycles. The van der Waals surface area contributed by atoms with Crippen molar-refractivity contribution in [3.63, 3.8) is 0 Å². The third kappa shape index (κ3) is 2.64. The van der Waals surface area contributed by atoms with Gasteiger partial charge >= 0.3 is 22.6 Å². The quantitative estimate of drug-likeness (QED) is 0.786. The van der Waals surface area contributed by atoms with E-state index in [2.05, 4.69) is 15.7 Å². The number of benzene rings is 1. The molecule has 0 aliphatic rings. The molecular weight excluding hydrogens is 243 g/mol. The van der Waals surface area contributed by atoms with Crippen LogP contribution in [0.4, 0.5) is 0 Å². The molecule has 0 amide bonds. The highest BCUT2D eigenvalue weighted by molar-refractivity contribution is 6.08. The minimum atomic E-state index is -0.438. The number of hydrogen-bond acceptors (Lipinski definition) is 3. The molecule has 0 unspecified atom stereocenters. The summed E-state index contributed by atoms with van der Waals surface area (Å²) in [6.07, 6.45) is 3.50. The van der Waals surface area contributed by atoms with Crippen LogP contribution in [0.15, 0.2) is 36.5 Å². The number of imidazole rings is 1. The van der Waals surface area contributed by atoms with Gasteiger partial charge < -0.3 is 8.36 Å². The Morgan fingerprint density at radius 2 is 2.11 bits per heavy atom. The fourth-order valence-electron chi connectivity index (χ4n) is 1.79. The van der Waals surface area contributed by atoms with Gasteiger partial charge in [-0.15, -0.1) is 0 Å². The van der Waals surface area contributed by atoms with E-state index >= 15 is 0 Å². The van der Waals surface area contributed by atoms with Crippen LogP contribution in [0, 0.1) is 0 Å². The summed E-state index contributed by atoms with van der Waals surface area (Å²) in [5, 5.41) is 0. The highest BCUT2D eigenvalue weighted by Gasteiger charge is 2.13. The number of rotatable bonds is 4. The lowest BCUT2D eigenvalue weighted by Crippen LogP contribution is -2.02. The second-order valence-corrected chi connectivity index (χ2v) is 4.14. The number of aryl methyl sites for hydroxylation is 1. The number of aromatic nitrogens is 2. The van der Waals surface area contributed by atoms with Crippen LogP contribution >= 0.6 is 0 Å². The maximum absolute atomic E-state index is 11.5. The van der Waals surface area contributed by atoms with Gasteiger partial charge in [0.2, 0.25) is 0 Å². The molecule has 4 nitrogen and oxygen atoms in total. The van der Waals surface area contributed by atoms with Crippen LogP contribution in [-0.4, -0.2) is 32.1 Å². The van der Waals surface area contributed by atoms with Gasteiger partial charge in [0.15, 0.2) is 5.69 Å². The summed E-state index contributed by atoms with van der Waals surface area (Å²) >= 11 is 1.95. The Kier molecular flexibility index (Phi) is 4.19. The van der Waals surface area contributed by atoms with Gasteiger partial charge in [-0.25, -0.2) is 9.78 Å². The largest absolute Gasteiger partial charge is 0.623 e. The Morgan fingerprint density at radius 3 is 2.72 bits per heavy atom. The molecule has 0 saturated carbocycles. The fourth-order valence-corrected chi connectivity index (χ4v) is 1.91. The summed E-state index contributed by atoms with van der Waals surface area (Å²) in [5.41, 5.74) is 1.33. The maximum Gasteiger partial charge on any atom is 0.485 e. The van der Waals surface area contributed by atoms with Crippen LogP contribution < -0.4 is 0 Å². The SMILES string of the molecule is CCCc1nc(C(=O)[O][Al])cn1-c1ccccc1. The topological polar surface area (TPSA) is 44.1 Å². The van der Waals surface area contributed by atoms with Gasteiger partial charge in [0.1, 0.15) is 5.82 Å². The zero-order valence-electron chi connectivity index (χ0n) is 10.2. The van der Waals surface area contributed by atoms with E-state index in [1.54, 1.807) is 6.20 Å². The molecule has 0 bridgehead atoms. The standard InChI is InChI=1S/C13H14N2O2.Al/c1-2-6-12-14-11(13(16)17)9-15(12)10-7-4-3-5-8-10;/h3-5,7-9H,2,6H2,1H3,(H,16,17);/q;+1/p-1. The molecule has 2 radical (unpaired) electrons. The van der Waals surface area contributed by atoms with Gasteiger partial charge in [-0.2, -0.15) is 0 Å². The molecule has 2 rings (SSSR count). The molecule has 0 aliphatic heterocycles. The predicted molar refractivity (Wildman–Crippen MR) is 68.7 cm³/mol. The average Bonchev–Trinajstić information content (AvgIpc) is 2.83. The first-order chi connectivity index (χ1) is 8.76. The molecule has 18 heavy (non-hydrogen) atoms. The third-order valence-electron chi connectivity index (χ3n) is 2.60. The molecule has 90 valence electrons. The molecule has 0 spiro atoms. The van der Waals surface area contributed by atoms with Gasteiger partial charge in [0.05, 0.1) is 0 Å². The lowest BCUT2D eigenvalue weighted by atomic mass is 10.3. The van der Waals surface area contributed by atoms with Gasteiger partial charge in [0.25, 0.3) is 0 Å². The van der Waals surface area contributed by atoms with Gasteiger partial charge in [-0.05, 0) is 18.6 Å². The number of nitrogens with zero attached hydrogens (tertiary/aromatic N) is 2. The minimum absolute atomic E-state index is 0.331. The normalized spacial score (nSPS) is 10.3. The number of hydrogen-bond donors (Lipinski definition) is 0. The molecule has 1 aromatic carbocycles. The van der Waals surface area contributed by atoms with Crippen molar-refractivity contribution in [2.45, 2.75) is 19.8 Å². The van der Waals surface area contributed by atoms with Crippen molar-refractivity contribution in [3.05, 3.63) is 48.0 Å². The highest BCUT2D eigenvalue weighted by Crippen LogP contribution is 2.14. The van der Waals surface area contributed by atoms with Crippen molar-refractivity contribution >= 4 is 22.6 Å². The van der Waals surface area contributed by atoms with Crippen LogP contribution in [0.2, 0.25) is 0 Å². The Bertz CT molecular complexity index is 537. The van der Waals surface area contributed by atoms with E-state index in [4.69, 9.17) is 0 Å². The fraction of sp³-hybridized carbons (Fsp3) is 0.231. The van der Waals surface area contributed by atoms with Crippen molar-refractivity contribution in [2.24, 2.45) is 0 Å². The number of carbonyl (C=O) groups is 1. The molecule has 0 atom stereocenters. The molecule has 5 heteroatoms. The van der Waals surface area contributed by atoms with Crippen molar-refractivity contribution < 1.29 is 8.58 Å². The Hall–Kier alpha value is -1.57. The lowest BCUT2D eigenvalue weighted by Gasteiger charge is -2.05. The smallest absolute Gasteiger partial charge is 0.485 e. The van der Waals surface area contributed by atoms with Crippen molar-refractivity contribution in [1.29, 1.82) is 0 Å². The molecule has 0 fully saturated rings. The Balaban J connectivity index is 2.45. The van der Waals surface area contributed by atoms with Crippen LogP contribution in [0.1, 0.15) is 29.7 Å². The molecule has 1 aromatic heterocycles. The molecule has 0 saturated heterocycles. The Labute approximate surface area is 114 Å². The summed E-state index contributed by atoms with van der Waals surface area (Å²) in [7, 11) is 0. The van der Waals surface area contributed by atoms with E-state index in [-0.39, 0.29) is 0 Å². The van der Waals surface area contributed by atoms with Gasteiger partial charge in [-0.3, -0.25) is 0 Å². The van der Waals surface area contributed by atoms with Crippen molar-refractivity contribution in [2.75, 3.05) is 0 Å². The first kappa shape index (κ1) is 12.9. The van der Waals surface area contributed by atoms with E-state index in [1.807, 2.05) is 51.5 Å². The summed E-state index contributed by atoms with van der Waals surface area (Å²) in [6.45, 7) is 2.08. The third-order valence-corrected chi connectivity index (χ3v) is 2.82. The Morgan fingerprint density at radius 1 is 1.39 bits per heavy atom. The average molecular weight is 256 g/mol. The summed E-state index contributed by atoms with van der Waals surface area (Å²) in [5.74, 6) is 0.432. The second kappa shape index (κ2) is 5.85. The van der Waals surface area contributed by atoms with Crippen LogP contribution in [-0.2, 0) is 10.2 Å². The highest BCUT2D eigenvalue weighted by atomic mass is 27.1. The van der Waals surface area contributed by atoms with E-state index in [9.17, 15) is 4.79 Å². The molecule has 2 aromatic rings. The van der Waals surface area contributed by atoms with E-state index in [1.165, 1.54) is 0 Å². The predicted octanol–water partition coefficient (Wildman–Crippen LogP) is 2.07. The van der Waals surface area contributed by atoms with Crippen molar-refractivity contribution in [1.82, 2.24) is 9.55 Å². The van der Waals surface area contributed by atoms with Gasteiger partial charge in [-0.1, -0.05) is 25.1 Å². The first-order valence-corrected chi connectivity index (χ1v) is 6.28. The number of para-hydroxylation sites is 1. The summed E-state index contributed by atoms with van der Waals surface area (Å²) in [6, 6.07) is 9.84. The van der Waals surface area contributed by atoms with Gasteiger partial charge in [0, 0.05) is 18.3 Å². The van der Waals surface area contributed by atoms with E-state index in [0.717, 1.165) is 24.4 Å². The monoisotopic (exact) mass is 256 g/mol. The van der Waals surface area contributed by atoms with Crippen molar-refractivity contribution in [3.8, 4) is 5.69 Å². The van der Waals surface area contributed by atoms with Crippen LogP contribution in [0.3, 0.4) is 0 Å².